The first-order chi connectivity index (χ1) is 13.5. The smallest absolute Gasteiger partial charge is 0.232 e. The Balaban J connectivity index is 1.37. The SMILES string of the molecule is CC1CC(=O)N(CCOCCOCCOCCC(=O)N2CCN(O)CC2)C1=O. The number of likely N-dealkylation sites (tertiary alicyclic amines) is 1. The van der Waals surface area contributed by atoms with Gasteiger partial charge < -0.3 is 24.3 Å². The molecule has 10 nitrogen and oxygen atoms in total. The third-order valence-corrected chi connectivity index (χ3v) is 4.74. The number of hydrogen-bond acceptors (Lipinski definition) is 8. The van der Waals surface area contributed by atoms with Crippen molar-refractivity contribution in [3.05, 3.63) is 0 Å². The van der Waals surface area contributed by atoms with Gasteiger partial charge in [0.15, 0.2) is 0 Å². The molecule has 0 spiro atoms. The van der Waals surface area contributed by atoms with Crippen LogP contribution >= 0.6 is 0 Å². The summed E-state index contributed by atoms with van der Waals surface area (Å²) in [5.74, 6) is -0.455. The van der Waals surface area contributed by atoms with E-state index in [9.17, 15) is 19.6 Å². The predicted octanol–water partition coefficient (Wildman–Crippen LogP) is -0.645. The largest absolute Gasteiger partial charge is 0.379 e. The molecule has 0 saturated carbocycles. The van der Waals surface area contributed by atoms with E-state index in [0.29, 0.717) is 72.2 Å². The molecule has 0 bridgehead atoms. The monoisotopic (exact) mass is 401 g/mol. The maximum atomic E-state index is 11.9. The molecule has 0 aromatic heterocycles. The van der Waals surface area contributed by atoms with Crippen molar-refractivity contribution >= 4 is 17.7 Å². The van der Waals surface area contributed by atoms with E-state index in [1.54, 1.807) is 11.8 Å². The summed E-state index contributed by atoms with van der Waals surface area (Å²) in [5, 5.41) is 10.5. The van der Waals surface area contributed by atoms with Gasteiger partial charge in [0, 0.05) is 38.5 Å². The molecule has 2 saturated heterocycles. The van der Waals surface area contributed by atoms with E-state index in [2.05, 4.69) is 0 Å². The van der Waals surface area contributed by atoms with Gasteiger partial charge in [-0.05, 0) is 0 Å². The van der Waals surface area contributed by atoms with Crippen LogP contribution in [0.3, 0.4) is 0 Å². The fraction of sp³-hybridized carbons (Fsp3) is 0.833. The second-order valence-corrected chi connectivity index (χ2v) is 6.91. The molecule has 160 valence electrons. The number of amides is 3. The molecule has 1 atom stereocenters. The number of hydroxylamine groups is 2. The highest BCUT2D eigenvalue weighted by atomic mass is 16.5. The summed E-state index contributed by atoms with van der Waals surface area (Å²) in [6.45, 7) is 6.29. The maximum Gasteiger partial charge on any atom is 0.232 e. The Bertz CT molecular complexity index is 523. The molecule has 0 aromatic carbocycles. The minimum atomic E-state index is -0.225. The molecule has 2 heterocycles. The lowest BCUT2D eigenvalue weighted by Crippen LogP contribution is -2.47. The van der Waals surface area contributed by atoms with Crippen LogP contribution in [0.4, 0.5) is 0 Å². The van der Waals surface area contributed by atoms with Crippen LogP contribution in [0.1, 0.15) is 19.8 Å². The third-order valence-electron chi connectivity index (χ3n) is 4.74. The van der Waals surface area contributed by atoms with E-state index in [4.69, 9.17) is 14.2 Å². The molecule has 3 amide bonds. The van der Waals surface area contributed by atoms with Crippen molar-refractivity contribution in [2.24, 2.45) is 5.92 Å². The molecule has 1 N–H and O–H groups in total. The zero-order valence-electron chi connectivity index (χ0n) is 16.5. The number of hydrogen-bond donors (Lipinski definition) is 1. The molecule has 1 unspecified atom stereocenters. The van der Waals surface area contributed by atoms with E-state index in [1.807, 2.05) is 0 Å². The van der Waals surface area contributed by atoms with E-state index in [1.165, 1.54) is 9.96 Å². The van der Waals surface area contributed by atoms with Gasteiger partial charge in [0.05, 0.1) is 52.6 Å². The van der Waals surface area contributed by atoms with Gasteiger partial charge in [0.1, 0.15) is 0 Å². The molecule has 2 fully saturated rings. The zero-order valence-corrected chi connectivity index (χ0v) is 16.5. The van der Waals surface area contributed by atoms with Gasteiger partial charge in [-0.2, -0.15) is 5.06 Å². The summed E-state index contributed by atoms with van der Waals surface area (Å²) < 4.78 is 16.1. The van der Waals surface area contributed by atoms with Crippen LogP contribution in [0.5, 0.6) is 0 Å². The summed E-state index contributed by atoms with van der Waals surface area (Å²) in [5.41, 5.74) is 0. The van der Waals surface area contributed by atoms with Crippen LogP contribution in [-0.4, -0.2) is 110 Å². The van der Waals surface area contributed by atoms with Crippen molar-refractivity contribution in [1.82, 2.24) is 14.9 Å². The number of carbonyl (C=O) groups is 3. The molecule has 10 heteroatoms. The van der Waals surface area contributed by atoms with Gasteiger partial charge in [0.2, 0.25) is 17.7 Å². The van der Waals surface area contributed by atoms with Crippen LogP contribution in [0.25, 0.3) is 0 Å². The van der Waals surface area contributed by atoms with Crippen molar-refractivity contribution in [2.75, 3.05) is 72.4 Å². The third kappa shape index (κ3) is 7.44. The molecule has 0 radical (unpaired) electrons. The van der Waals surface area contributed by atoms with Gasteiger partial charge in [-0.3, -0.25) is 19.3 Å². The minimum absolute atomic E-state index is 0.0341. The number of imide groups is 1. The van der Waals surface area contributed by atoms with Crippen molar-refractivity contribution in [3.63, 3.8) is 0 Å². The Morgan fingerprint density at radius 3 is 2.11 bits per heavy atom. The van der Waals surface area contributed by atoms with Crippen molar-refractivity contribution in [2.45, 2.75) is 19.8 Å². The summed E-state index contributed by atoms with van der Waals surface area (Å²) in [4.78, 5) is 38.3. The number of nitrogens with zero attached hydrogens (tertiary/aromatic N) is 3. The molecule has 0 aliphatic carbocycles. The molecule has 2 aliphatic heterocycles. The van der Waals surface area contributed by atoms with Gasteiger partial charge >= 0.3 is 0 Å². The van der Waals surface area contributed by atoms with Crippen LogP contribution in [-0.2, 0) is 28.6 Å². The first-order valence-electron chi connectivity index (χ1n) is 9.78. The summed E-state index contributed by atoms with van der Waals surface area (Å²) in [7, 11) is 0. The number of piperazine rings is 1. The Morgan fingerprint density at radius 2 is 1.54 bits per heavy atom. The average Bonchev–Trinajstić information content (AvgIpc) is 2.92. The normalized spacial score (nSPS) is 21.0. The fourth-order valence-electron chi connectivity index (χ4n) is 3.04. The second kappa shape index (κ2) is 12.1. The topological polar surface area (TPSA) is 109 Å². The number of rotatable bonds is 12. The van der Waals surface area contributed by atoms with Crippen molar-refractivity contribution < 1.29 is 33.8 Å². The predicted molar refractivity (Wildman–Crippen MR) is 97.5 cm³/mol. The fourth-order valence-corrected chi connectivity index (χ4v) is 3.04. The van der Waals surface area contributed by atoms with Gasteiger partial charge in [-0.1, -0.05) is 6.92 Å². The summed E-state index contributed by atoms with van der Waals surface area (Å²) in [6.07, 6.45) is 0.605. The summed E-state index contributed by atoms with van der Waals surface area (Å²) >= 11 is 0. The van der Waals surface area contributed by atoms with Gasteiger partial charge in [0.25, 0.3) is 0 Å². The van der Waals surface area contributed by atoms with Crippen molar-refractivity contribution in [3.8, 4) is 0 Å². The van der Waals surface area contributed by atoms with E-state index < -0.39 is 0 Å². The van der Waals surface area contributed by atoms with Crippen LogP contribution < -0.4 is 0 Å². The Hall–Kier alpha value is -1.59. The van der Waals surface area contributed by atoms with Gasteiger partial charge in [-0.15, -0.1) is 0 Å². The Labute approximate surface area is 165 Å². The molecular formula is C18H31N3O7. The van der Waals surface area contributed by atoms with Gasteiger partial charge in [-0.25, -0.2) is 0 Å². The highest BCUT2D eigenvalue weighted by Gasteiger charge is 2.34. The first kappa shape index (κ1) is 22.7. The number of ether oxygens (including phenoxy) is 3. The van der Waals surface area contributed by atoms with Crippen molar-refractivity contribution in [1.29, 1.82) is 0 Å². The highest BCUT2D eigenvalue weighted by molar-refractivity contribution is 6.03. The minimum Gasteiger partial charge on any atom is -0.379 e. The van der Waals surface area contributed by atoms with Crippen LogP contribution in [0, 0.1) is 5.92 Å². The summed E-state index contributed by atoms with van der Waals surface area (Å²) in [6, 6.07) is 0. The van der Waals surface area contributed by atoms with Crippen LogP contribution in [0.2, 0.25) is 0 Å². The van der Waals surface area contributed by atoms with E-state index in [-0.39, 0.29) is 36.6 Å². The first-order valence-corrected chi connectivity index (χ1v) is 9.78. The average molecular weight is 401 g/mol. The Morgan fingerprint density at radius 1 is 0.964 bits per heavy atom. The maximum absolute atomic E-state index is 11.9. The standard InChI is InChI=1S/C18H31N3O7/c1-15-14-17(23)21(18(15)24)7-9-27-11-13-28-12-10-26-8-2-16(22)19-3-5-20(25)6-4-19/h15,25H,2-14H2,1H3. The number of carbonyl (C=O) groups excluding carboxylic acids is 3. The quantitative estimate of drug-likeness (QED) is 0.340. The molecule has 28 heavy (non-hydrogen) atoms. The lowest BCUT2D eigenvalue weighted by molar-refractivity contribution is -0.147. The van der Waals surface area contributed by atoms with Crippen LogP contribution in [0.15, 0.2) is 0 Å². The molecule has 2 rings (SSSR count). The molecule has 2 aliphatic rings. The zero-order chi connectivity index (χ0) is 20.4. The second-order valence-electron chi connectivity index (χ2n) is 6.91. The lowest BCUT2D eigenvalue weighted by atomic mass is 10.1. The van der Waals surface area contributed by atoms with E-state index in [0.717, 1.165) is 0 Å². The van der Waals surface area contributed by atoms with E-state index >= 15 is 0 Å². The molecular weight excluding hydrogens is 370 g/mol. The Kier molecular flexibility index (Phi) is 9.79. The molecule has 0 aromatic rings. The lowest BCUT2D eigenvalue weighted by Gasteiger charge is -2.31. The highest BCUT2D eigenvalue weighted by Crippen LogP contribution is 2.17.